The van der Waals surface area contributed by atoms with Gasteiger partial charge in [-0.15, -0.1) is 11.3 Å². The van der Waals surface area contributed by atoms with Gasteiger partial charge in [-0.3, -0.25) is 9.36 Å². The van der Waals surface area contributed by atoms with Crippen LogP contribution in [-0.4, -0.2) is 21.3 Å². The third kappa shape index (κ3) is 1.97. The van der Waals surface area contributed by atoms with Crippen molar-refractivity contribution >= 4 is 21.6 Å². The minimum absolute atomic E-state index is 0.0258. The zero-order valence-corrected chi connectivity index (χ0v) is 11.8. The Balaban J connectivity index is 2.73. The lowest BCUT2D eigenvalue weighted by Crippen LogP contribution is -2.27. The van der Waals surface area contributed by atoms with Crippen LogP contribution in [0.2, 0.25) is 0 Å². The van der Waals surface area contributed by atoms with Gasteiger partial charge in [0.25, 0.3) is 5.56 Å². The van der Waals surface area contributed by atoms with E-state index in [1.54, 1.807) is 22.2 Å². The van der Waals surface area contributed by atoms with Crippen LogP contribution in [0, 0.1) is 6.92 Å². The summed E-state index contributed by atoms with van der Waals surface area (Å²) in [5.74, 6) is 0. The fourth-order valence-electron chi connectivity index (χ4n) is 2.27. The summed E-state index contributed by atoms with van der Waals surface area (Å²) in [6.07, 6.45) is 3.11. The number of nitrogens with zero attached hydrogens (tertiary/aromatic N) is 2. The highest BCUT2D eigenvalue weighted by atomic mass is 32.1. The summed E-state index contributed by atoms with van der Waals surface area (Å²) in [5.41, 5.74) is 1.07. The highest BCUT2D eigenvalue weighted by molar-refractivity contribution is 7.18. The van der Waals surface area contributed by atoms with Crippen LogP contribution in [0.3, 0.4) is 0 Å². The Morgan fingerprint density at radius 1 is 1.50 bits per heavy atom. The second kappa shape index (κ2) is 5.20. The van der Waals surface area contributed by atoms with Gasteiger partial charge in [0.05, 0.1) is 24.4 Å². The lowest BCUT2D eigenvalue weighted by atomic mass is 10.1. The molecule has 0 unspecified atom stereocenters. The van der Waals surface area contributed by atoms with Crippen LogP contribution in [-0.2, 0) is 6.42 Å². The number of aliphatic hydroxyl groups excluding tert-OH is 1. The van der Waals surface area contributed by atoms with Crippen molar-refractivity contribution in [2.24, 2.45) is 0 Å². The quantitative estimate of drug-likeness (QED) is 0.923. The van der Waals surface area contributed by atoms with Crippen LogP contribution in [0.4, 0.5) is 0 Å². The number of thiophene rings is 1. The van der Waals surface area contributed by atoms with Gasteiger partial charge in [0.1, 0.15) is 4.83 Å². The van der Waals surface area contributed by atoms with E-state index in [1.165, 1.54) is 0 Å². The largest absolute Gasteiger partial charge is 0.394 e. The number of aliphatic hydroxyl groups is 1. The summed E-state index contributed by atoms with van der Waals surface area (Å²) in [6, 6.07) is -0.181. The van der Waals surface area contributed by atoms with Crippen LogP contribution >= 0.6 is 11.3 Å². The van der Waals surface area contributed by atoms with Crippen molar-refractivity contribution in [3.63, 3.8) is 0 Å². The Bertz CT molecular complexity index is 611. The smallest absolute Gasteiger partial charge is 0.262 e. The molecule has 0 radical (unpaired) electrons. The van der Waals surface area contributed by atoms with Crippen LogP contribution in [0.5, 0.6) is 0 Å². The van der Waals surface area contributed by atoms with Crippen molar-refractivity contribution in [2.75, 3.05) is 6.61 Å². The van der Waals surface area contributed by atoms with Gasteiger partial charge in [-0.1, -0.05) is 13.8 Å². The number of fused-ring (bicyclic) bond motifs is 1. The SMILES string of the molecule is CCc1c(C)sc2ncn([C@H](CC)CO)c(=O)c12. The predicted molar refractivity (Wildman–Crippen MR) is 74.4 cm³/mol. The summed E-state index contributed by atoms with van der Waals surface area (Å²) in [4.78, 5) is 18.8. The van der Waals surface area contributed by atoms with E-state index >= 15 is 0 Å². The molecule has 0 aliphatic carbocycles. The van der Waals surface area contributed by atoms with Crippen LogP contribution in [0.15, 0.2) is 11.1 Å². The van der Waals surface area contributed by atoms with E-state index < -0.39 is 0 Å². The molecule has 0 bridgehead atoms. The topological polar surface area (TPSA) is 55.1 Å². The predicted octanol–water partition coefficient (Wildman–Crippen LogP) is 2.27. The summed E-state index contributed by atoms with van der Waals surface area (Å²) in [6.45, 7) is 6.00. The van der Waals surface area contributed by atoms with Gasteiger partial charge in [0.15, 0.2) is 0 Å². The van der Waals surface area contributed by atoms with E-state index in [2.05, 4.69) is 11.9 Å². The molecule has 0 saturated carbocycles. The van der Waals surface area contributed by atoms with Crippen LogP contribution in [0.1, 0.15) is 36.8 Å². The zero-order chi connectivity index (χ0) is 13.3. The molecule has 18 heavy (non-hydrogen) atoms. The van der Waals surface area contributed by atoms with Crippen molar-refractivity contribution in [2.45, 2.75) is 39.7 Å². The maximum atomic E-state index is 12.5. The molecule has 4 nitrogen and oxygen atoms in total. The summed E-state index contributed by atoms with van der Waals surface area (Å²) in [5, 5.41) is 10.1. The Labute approximate surface area is 110 Å². The minimum Gasteiger partial charge on any atom is -0.394 e. The van der Waals surface area contributed by atoms with Crippen molar-refractivity contribution in [1.29, 1.82) is 0 Å². The molecule has 98 valence electrons. The van der Waals surface area contributed by atoms with Crippen molar-refractivity contribution < 1.29 is 5.11 Å². The third-order valence-electron chi connectivity index (χ3n) is 3.37. The van der Waals surface area contributed by atoms with Gasteiger partial charge in [-0.25, -0.2) is 4.98 Å². The van der Waals surface area contributed by atoms with E-state index in [9.17, 15) is 9.90 Å². The molecule has 0 fully saturated rings. The first kappa shape index (κ1) is 13.2. The molecular weight excluding hydrogens is 248 g/mol. The highest BCUT2D eigenvalue weighted by Gasteiger charge is 2.17. The van der Waals surface area contributed by atoms with E-state index in [0.717, 1.165) is 27.1 Å². The first-order chi connectivity index (χ1) is 8.63. The summed E-state index contributed by atoms with van der Waals surface area (Å²) < 4.78 is 1.56. The van der Waals surface area contributed by atoms with E-state index in [-0.39, 0.29) is 18.2 Å². The molecule has 0 aliphatic rings. The Kier molecular flexibility index (Phi) is 3.82. The molecule has 2 rings (SSSR count). The lowest BCUT2D eigenvalue weighted by Gasteiger charge is -2.14. The molecule has 2 aromatic heterocycles. The van der Waals surface area contributed by atoms with Crippen molar-refractivity contribution in [3.8, 4) is 0 Å². The Hall–Kier alpha value is -1.20. The first-order valence-corrected chi connectivity index (χ1v) is 7.05. The molecule has 0 saturated heterocycles. The average Bonchev–Trinajstić information content (AvgIpc) is 2.69. The lowest BCUT2D eigenvalue weighted by molar-refractivity contribution is 0.221. The van der Waals surface area contributed by atoms with Crippen LogP contribution in [0.25, 0.3) is 10.2 Å². The van der Waals surface area contributed by atoms with Gasteiger partial charge in [0.2, 0.25) is 0 Å². The molecule has 0 aliphatic heterocycles. The molecule has 0 spiro atoms. The van der Waals surface area contributed by atoms with E-state index in [4.69, 9.17) is 0 Å². The second-order valence-corrected chi connectivity index (χ2v) is 5.58. The van der Waals surface area contributed by atoms with Gasteiger partial charge in [0, 0.05) is 4.88 Å². The molecular formula is C13H18N2O2S. The van der Waals surface area contributed by atoms with Crippen molar-refractivity contribution in [3.05, 3.63) is 27.1 Å². The maximum absolute atomic E-state index is 12.5. The normalized spacial score (nSPS) is 13.1. The highest BCUT2D eigenvalue weighted by Crippen LogP contribution is 2.27. The molecule has 2 aromatic rings. The van der Waals surface area contributed by atoms with Gasteiger partial charge >= 0.3 is 0 Å². The molecule has 5 heteroatoms. The molecule has 1 atom stereocenters. The van der Waals surface area contributed by atoms with Gasteiger partial charge in [-0.05, 0) is 25.3 Å². The van der Waals surface area contributed by atoms with Crippen molar-refractivity contribution in [1.82, 2.24) is 9.55 Å². The summed E-state index contributed by atoms with van der Waals surface area (Å²) in [7, 11) is 0. The average molecular weight is 266 g/mol. The molecule has 0 aromatic carbocycles. The maximum Gasteiger partial charge on any atom is 0.262 e. The fourth-order valence-corrected chi connectivity index (χ4v) is 3.34. The monoisotopic (exact) mass is 266 g/mol. The van der Waals surface area contributed by atoms with Gasteiger partial charge < -0.3 is 5.11 Å². The number of aryl methyl sites for hydroxylation is 2. The van der Waals surface area contributed by atoms with Crippen LogP contribution < -0.4 is 5.56 Å². The minimum atomic E-state index is -0.181. The molecule has 2 heterocycles. The van der Waals surface area contributed by atoms with E-state index in [1.807, 2.05) is 13.8 Å². The standard InChI is InChI=1S/C13H18N2O2S/c1-4-9(6-16)15-7-14-12-11(13(15)17)10(5-2)8(3)18-12/h7,9,16H,4-6H2,1-3H3/t9-/m1/s1. The number of hydrogen-bond acceptors (Lipinski definition) is 4. The third-order valence-corrected chi connectivity index (χ3v) is 4.42. The number of aromatic nitrogens is 2. The fraction of sp³-hybridized carbons (Fsp3) is 0.538. The zero-order valence-electron chi connectivity index (χ0n) is 10.9. The Morgan fingerprint density at radius 3 is 2.78 bits per heavy atom. The number of rotatable bonds is 4. The molecule has 1 N–H and O–H groups in total. The second-order valence-electron chi connectivity index (χ2n) is 4.37. The Morgan fingerprint density at radius 2 is 2.22 bits per heavy atom. The summed E-state index contributed by atoms with van der Waals surface area (Å²) >= 11 is 1.57. The number of hydrogen-bond donors (Lipinski definition) is 1. The van der Waals surface area contributed by atoms with Gasteiger partial charge in [-0.2, -0.15) is 0 Å². The first-order valence-electron chi connectivity index (χ1n) is 6.23. The van der Waals surface area contributed by atoms with E-state index in [0.29, 0.717) is 6.42 Å². The molecule has 0 amide bonds.